The van der Waals surface area contributed by atoms with E-state index in [0.29, 0.717) is 13.1 Å². The number of carbonyl (C=O) groups is 1. The highest BCUT2D eigenvalue weighted by atomic mass is 35.5. The lowest BCUT2D eigenvalue weighted by Gasteiger charge is -2.20. The maximum absolute atomic E-state index is 12.3. The van der Waals surface area contributed by atoms with Gasteiger partial charge in [-0.2, -0.15) is 0 Å². The van der Waals surface area contributed by atoms with Gasteiger partial charge in [-0.05, 0) is 17.9 Å². The standard InChI is InChI=1S/C13H15ClN2O3/c1-13(2)5-6-15(8-13)12(17)10-7-9(16(18)19)3-4-11(10)14/h3-4,7H,5-6,8H2,1-2H3. The van der Waals surface area contributed by atoms with Crippen LogP contribution in [0.15, 0.2) is 18.2 Å². The highest BCUT2D eigenvalue weighted by Crippen LogP contribution is 2.31. The molecular formula is C13H15ClN2O3. The maximum atomic E-state index is 12.3. The van der Waals surface area contributed by atoms with E-state index in [9.17, 15) is 14.9 Å². The Morgan fingerprint density at radius 1 is 1.47 bits per heavy atom. The molecule has 0 bridgehead atoms. The van der Waals surface area contributed by atoms with Crippen molar-refractivity contribution in [2.75, 3.05) is 13.1 Å². The Kier molecular flexibility index (Phi) is 3.49. The molecule has 1 aliphatic rings. The lowest BCUT2D eigenvalue weighted by Crippen LogP contribution is -2.30. The Labute approximate surface area is 116 Å². The minimum Gasteiger partial charge on any atom is -0.338 e. The summed E-state index contributed by atoms with van der Waals surface area (Å²) in [5.41, 5.74) is 0.169. The molecule has 0 aromatic heterocycles. The van der Waals surface area contributed by atoms with E-state index in [1.165, 1.54) is 18.2 Å². The Morgan fingerprint density at radius 2 is 2.16 bits per heavy atom. The molecule has 1 amide bonds. The molecule has 1 heterocycles. The van der Waals surface area contributed by atoms with Gasteiger partial charge < -0.3 is 4.90 Å². The number of benzene rings is 1. The first-order valence-electron chi connectivity index (χ1n) is 6.03. The average molecular weight is 283 g/mol. The van der Waals surface area contributed by atoms with E-state index in [1.807, 2.05) is 0 Å². The van der Waals surface area contributed by atoms with Gasteiger partial charge in [0.25, 0.3) is 11.6 Å². The lowest BCUT2D eigenvalue weighted by molar-refractivity contribution is -0.384. The van der Waals surface area contributed by atoms with Gasteiger partial charge in [-0.1, -0.05) is 25.4 Å². The van der Waals surface area contributed by atoms with Gasteiger partial charge in [0.05, 0.1) is 15.5 Å². The number of nitro benzene ring substituents is 1. The minimum atomic E-state index is -0.527. The number of hydrogen-bond acceptors (Lipinski definition) is 3. The van der Waals surface area contributed by atoms with E-state index in [1.54, 1.807) is 4.90 Å². The molecule has 0 unspecified atom stereocenters. The number of halogens is 1. The number of carbonyl (C=O) groups excluding carboxylic acids is 1. The van der Waals surface area contributed by atoms with E-state index in [0.717, 1.165) is 6.42 Å². The smallest absolute Gasteiger partial charge is 0.270 e. The van der Waals surface area contributed by atoms with Gasteiger partial charge in [0.2, 0.25) is 0 Å². The fourth-order valence-electron chi connectivity index (χ4n) is 2.25. The average Bonchev–Trinajstić information content (AvgIpc) is 2.69. The van der Waals surface area contributed by atoms with Crippen LogP contribution >= 0.6 is 11.6 Å². The van der Waals surface area contributed by atoms with Crippen LogP contribution in [0, 0.1) is 15.5 Å². The van der Waals surface area contributed by atoms with Crippen molar-refractivity contribution in [1.29, 1.82) is 0 Å². The van der Waals surface area contributed by atoms with Gasteiger partial charge in [-0.15, -0.1) is 0 Å². The second-order valence-electron chi connectivity index (χ2n) is 5.56. The largest absolute Gasteiger partial charge is 0.338 e. The fourth-order valence-corrected chi connectivity index (χ4v) is 2.45. The maximum Gasteiger partial charge on any atom is 0.270 e. The molecule has 0 radical (unpaired) electrons. The summed E-state index contributed by atoms with van der Waals surface area (Å²) in [6.07, 6.45) is 0.922. The van der Waals surface area contributed by atoms with Gasteiger partial charge in [0.15, 0.2) is 0 Å². The molecule has 0 atom stereocenters. The van der Waals surface area contributed by atoms with Crippen molar-refractivity contribution in [3.8, 4) is 0 Å². The molecule has 0 aliphatic carbocycles. The molecule has 1 aromatic rings. The van der Waals surface area contributed by atoms with Crippen LogP contribution in [-0.2, 0) is 0 Å². The predicted molar refractivity (Wildman–Crippen MR) is 72.4 cm³/mol. The van der Waals surface area contributed by atoms with E-state index < -0.39 is 4.92 Å². The van der Waals surface area contributed by atoms with Crippen LogP contribution in [0.2, 0.25) is 5.02 Å². The van der Waals surface area contributed by atoms with Crippen molar-refractivity contribution in [1.82, 2.24) is 4.90 Å². The topological polar surface area (TPSA) is 63.5 Å². The quantitative estimate of drug-likeness (QED) is 0.618. The summed E-state index contributed by atoms with van der Waals surface area (Å²) >= 11 is 5.98. The summed E-state index contributed by atoms with van der Waals surface area (Å²) in [6.45, 7) is 5.49. The summed E-state index contributed by atoms with van der Waals surface area (Å²) in [7, 11) is 0. The van der Waals surface area contributed by atoms with Crippen LogP contribution in [0.1, 0.15) is 30.6 Å². The SMILES string of the molecule is CC1(C)CCN(C(=O)c2cc([N+](=O)[O-])ccc2Cl)C1. The molecule has 19 heavy (non-hydrogen) atoms. The van der Waals surface area contributed by atoms with Gasteiger partial charge in [-0.25, -0.2) is 0 Å². The van der Waals surface area contributed by atoms with Crippen molar-refractivity contribution in [3.05, 3.63) is 38.9 Å². The lowest BCUT2D eigenvalue weighted by atomic mass is 9.93. The minimum absolute atomic E-state index is 0.0862. The highest BCUT2D eigenvalue weighted by molar-refractivity contribution is 6.33. The summed E-state index contributed by atoms with van der Waals surface area (Å²) < 4.78 is 0. The van der Waals surface area contributed by atoms with Crippen LogP contribution in [0.25, 0.3) is 0 Å². The third-order valence-electron chi connectivity index (χ3n) is 3.36. The molecule has 0 saturated carbocycles. The number of hydrogen-bond donors (Lipinski definition) is 0. The number of rotatable bonds is 2. The normalized spacial score (nSPS) is 17.5. The second kappa shape index (κ2) is 4.81. The van der Waals surface area contributed by atoms with Crippen molar-refractivity contribution in [3.63, 3.8) is 0 Å². The third-order valence-corrected chi connectivity index (χ3v) is 3.69. The fraction of sp³-hybridized carbons (Fsp3) is 0.462. The Bertz CT molecular complexity index is 543. The molecule has 0 spiro atoms. The van der Waals surface area contributed by atoms with Gasteiger partial charge in [0.1, 0.15) is 0 Å². The second-order valence-corrected chi connectivity index (χ2v) is 5.97. The van der Waals surface area contributed by atoms with E-state index in [-0.39, 0.29) is 27.6 Å². The Balaban J connectivity index is 2.29. The van der Waals surface area contributed by atoms with Crippen molar-refractivity contribution < 1.29 is 9.72 Å². The first-order valence-corrected chi connectivity index (χ1v) is 6.41. The van der Waals surface area contributed by atoms with Crippen molar-refractivity contribution in [2.45, 2.75) is 20.3 Å². The zero-order chi connectivity index (χ0) is 14.2. The predicted octanol–water partition coefficient (Wildman–Crippen LogP) is 3.12. The van der Waals surface area contributed by atoms with E-state index in [4.69, 9.17) is 11.6 Å². The molecule has 102 valence electrons. The summed E-state index contributed by atoms with van der Waals surface area (Å²) in [4.78, 5) is 24.3. The van der Waals surface area contributed by atoms with Crippen LogP contribution < -0.4 is 0 Å². The van der Waals surface area contributed by atoms with Crippen molar-refractivity contribution in [2.24, 2.45) is 5.41 Å². The van der Waals surface area contributed by atoms with Crippen LogP contribution in [0.5, 0.6) is 0 Å². The van der Waals surface area contributed by atoms with Crippen LogP contribution in [-0.4, -0.2) is 28.8 Å². The molecule has 1 fully saturated rings. The number of amides is 1. The summed E-state index contributed by atoms with van der Waals surface area (Å²) in [5.74, 6) is -0.237. The molecule has 1 aromatic carbocycles. The number of non-ortho nitro benzene ring substituents is 1. The first kappa shape index (κ1) is 13.8. The molecule has 5 nitrogen and oxygen atoms in total. The molecule has 6 heteroatoms. The van der Waals surface area contributed by atoms with Gasteiger partial charge in [0, 0.05) is 25.2 Å². The van der Waals surface area contributed by atoms with E-state index >= 15 is 0 Å². The van der Waals surface area contributed by atoms with Gasteiger partial charge in [-0.3, -0.25) is 14.9 Å². The molecule has 1 aliphatic heterocycles. The summed E-state index contributed by atoms with van der Waals surface area (Å²) in [6, 6.07) is 3.94. The van der Waals surface area contributed by atoms with Crippen molar-refractivity contribution >= 4 is 23.2 Å². The number of nitro groups is 1. The summed E-state index contributed by atoms with van der Waals surface area (Å²) in [5, 5.41) is 11.0. The van der Waals surface area contributed by atoms with E-state index in [2.05, 4.69) is 13.8 Å². The van der Waals surface area contributed by atoms with Crippen LogP contribution in [0.4, 0.5) is 5.69 Å². The zero-order valence-corrected chi connectivity index (χ0v) is 11.6. The molecule has 0 N–H and O–H groups in total. The monoisotopic (exact) mass is 282 g/mol. The Hall–Kier alpha value is -1.62. The number of likely N-dealkylation sites (tertiary alicyclic amines) is 1. The zero-order valence-electron chi connectivity index (χ0n) is 10.9. The molecule has 2 rings (SSSR count). The third kappa shape index (κ3) is 2.87. The number of nitrogens with zero attached hydrogens (tertiary/aromatic N) is 2. The highest BCUT2D eigenvalue weighted by Gasteiger charge is 2.33. The van der Waals surface area contributed by atoms with Gasteiger partial charge >= 0.3 is 0 Å². The molecular weight excluding hydrogens is 268 g/mol. The first-order chi connectivity index (χ1) is 8.80. The Morgan fingerprint density at radius 3 is 2.68 bits per heavy atom. The molecule has 1 saturated heterocycles. The van der Waals surface area contributed by atoms with Crippen LogP contribution in [0.3, 0.4) is 0 Å².